The van der Waals surface area contributed by atoms with Crippen molar-refractivity contribution in [2.24, 2.45) is 5.73 Å². The molecule has 1 aromatic carbocycles. The van der Waals surface area contributed by atoms with E-state index < -0.39 is 17.4 Å². The van der Waals surface area contributed by atoms with E-state index in [2.05, 4.69) is 0 Å². The number of halogens is 1. The van der Waals surface area contributed by atoms with Gasteiger partial charge in [-0.1, -0.05) is 31.4 Å². The van der Waals surface area contributed by atoms with Crippen LogP contribution in [-0.4, -0.2) is 41.9 Å². The molecule has 24 heavy (non-hydrogen) atoms. The molecule has 2 fully saturated rings. The molecule has 130 valence electrons. The number of para-hydroxylation sites is 1. The van der Waals surface area contributed by atoms with Gasteiger partial charge in [-0.3, -0.25) is 9.59 Å². The maximum Gasteiger partial charge on any atom is 0.249 e. The molecule has 2 amide bonds. The van der Waals surface area contributed by atoms with Crippen LogP contribution >= 0.6 is 0 Å². The van der Waals surface area contributed by atoms with Crippen molar-refractivity contribution >= 4 is 17.5 Å². The minimum absolute atomic E-state index is 0.170. The molecule has 0 bridgehead atoms. The van der Waals surface area contributed by atoms with Gasteiger partial charge in [-0.2, -0.15) is 0 Å². The minimum Gasteiger partial charge on any atom is -0.332 e. The van der Waals surface area contributed by atoms with E-state index in [1.165, 1.54) is 15.9 Å². The number of amides is 2. The zero-order chi connectivity index (χ0) is 17.3. The maximum absolute atomic E-state index is 14.0. The summed E-state index contributed by atoms with van der Waals surface area (Å²) in [6.07, 6.45) is 4.79. The van der Waals surface area contributed by atoms with Crippen molar-refractivity contribution in [1.82, 2.24) is 4.90 Å². The third kappa shape index (κ3) is 2.90. The van der Waals surface area contributed by atoms with E-state index in [1.54, 1.807) is 25.2 Å². The van der Waals surface area contributed by atoms with Gasteiger partial charge >= 0.3 is 0 Å². The largest absolute Gasteiger partial charge is 0.332 e. The van der Waals surface area contributed by atoms with E-state index in [0.29, 0.717) is 25.8 Å². The van der Waals surface area contributed by atoms with Gasteiger partial charge in [0.2, 0.25) is 11.8 Å². The van der Waals surface area contributed by atoms with Gasteiger partial charge in [-0.05, 0) is 31.4 Å². The molecular weight excluding hydrogens is 309 g/mol. The fourth-order valence-corrected chi connectivity index (χ4v) is 3.82. The van der Waals surface area contributed by atoms with Crippen LogP contribution in [0, 0.1) is 5.82 Å². The van der Waals surface area contributed by atoms with E-state index in [4.69, 9.17) is 5.73 Å². The van der Waals surface area contributed by atoms with Crippen LogP contribution in [0.1, 0.15) is 38.5 Å². The van der Waals surface area contributed by atoms with Crippen molar-refractivity contribution in [1.29, 1.82) is 0 Å². The van der Waals surface area contributed by atoms with Gasteiger partial charge in [0.15, 0.2) is 0 Å². The number of nitrogens with two attached hydrogens (primary N) is 1. The Morgan fingerprint density at radius 3 is 2.62 bits per heavy atom. The van der Waals surface area contributed by atoms with Crippen LogP contribution < -0.4 is 10.6 Å². The van der Waals surface area contributed by atoms with Gasteiger partial charge in [-0.15, -0.1) is 0 Å². The Morgan fingerprint density at radius 1 is 1.29 bits per heavy atom. The Labute approximate surface area is 141 Å². The Bertz CT molecular complexity index is 643. The van der Waals surface area contributed by atoms with Crippen molar-refractivity contribution in [3.05, 3.63) is 30.1 Å². The highest BCUT2D eigenvalue weighted by Gasteiger charge is 2.44. The maximum atomic E-state index is 14.0. The normalized spacial score (nSPS) is 23.4. The Balaban J connectivity index is 1.75. The van der Waals surface area contributed by atoms with E-state index >= 15 is 0 Å². The summed E-state index contributed by atoms with van der Waals surface area (Å²) in [7, 11) is 1.64. The van der Waals surface area contributed by atoms with Crippen LogP contribution in [0.4, 0.5) is 10.1 Å². The molecule has 1 aliphatic carbocycles. The number of likely N-dealkylation sites (N-methyl/N-ethyl adjacent to an activating group) is 1. The second-order valence-corrected chi connectivity index (χ2v) is 6.88. The number of rotatable bonds is 3. The molecule has 2 aliphatic rings. The molecule has 1 aromatic rings. The van der Waals surface area contributed by atoms with Crippen LogP contribution in [0.25, 0.3) is 0 Å². The summed E-state index contributed by atoms with van der Waals surface area (Å²) < 4.78 is 14.0. The predicted octanol–water partition coefficient (Wildman–Crippen LogP) is 2.05. The summed E-state index contributed by atoms with van der Waals surface area (Å²) in [5.74, 6) is -0.839. The summed E-state index contributed by atoms with van der Waals surface area (Å²) in [5, 5.41) is 0. The Hall–Kier alpha value is -1.95. The van der Waals surface area contributed by atoms with E-state index in [0.717, 1.165) is 19.3 Å². The molecule has 0 aromatic heterocycles. The van der Waals surface area contributed by atoms with Crippen molar-refractivity contribution in [3.63, 3.8) is 0 Å². The second-order valence-electron chi connectivity index (χ2n) is 6.88. The molecule has 3 rings (SSSR count). The average molecular weight is 333 g/mol. The number of anilines is 1. The summed E-state index contributed by atoms with van der Waals surface area (Å²) in [5.41, 5.74) is 5.72. The number of carbonyl (C=O) groups excluding carboxylic acids is 2. The monoisotopic (exact) mass is 333 g/mol. The van der Waals surface area contributed by atoms with Crippen molar-refractivity contribution in [2.75, 3.05) is 18.5 Å². The van der Waals surface area contributed by atoms with Gasteiger partial charge in [0.25, 0.3) is 0 Å². The van der Waals surface area contributed by atoms with Crippen LogP contribution in [0.5, 0.6) is 0 Å². The second kappa shape index (κ2) is 6.51. The summed E-state index contributed by atoms with van der Waals surface area (Å²) in [6, 6.07) is 5.64. The van der Waals surface area contributed by atoms with Crippen molar-refractivity contribution in [2.45, 2.75) is 50.1 Å². The number of nitrogens with zero attached hydrogens (tertiary/aromatic N) is 2. The minimum atomic E-state index is -0.862. The molecule has 6 heteroatoms. The SMILES string of the molecule is CN(C(=O)C1(N)CCCCC1)C1CCN(c2ccccc2F)C1=O. The first-order valence-electron chi connectivity index (χ1n) is 8.56. The zero-order valence-corrected chi connectivity index (χ0v) is 14.0. The topological polar surface area (TPSA) is 66.6 Å². The van der Waals surface area contributed by atoms with Gasteiger partial charge in [0.05, 0.1) is 11.2 Å². The van der Waals surface area contributed by atoms with Crippen LogP contribution in [-0.2, 0) is 9.59 Å². The Morgan fingerprint density at radius 2 is 1.96 bits per heavy atom. The number of carbonyl (C=O) groups is 2. The third-order valence-electron chi connectivity index (χ3n) is 5.28. The molecule has 1 unspecified atom stereocenters. The lowest BCUT2D eigenvalue weighted by atomic mass is 9.81. The molecule has 2 N–H and O–H groups in total. The van der Waals surface area contributed by atoms with Crippen molar-refractivity contribution < 1.29 is 14.0 Å². The lowest BCUT2D eigenvalue weighted by Gasteiger charge is -2.37. The summed E-state index contributed by atoms with van der Waals surface area (Å²) in [4.78, 5) is 28.4. The fraction of sp³-hybridized carbons (Fsp3) is 0.556. The average Bonchev–Trinajstić information content (AvgIpc) is 2.96. The van der Waals surface area contributed by atoms with E-state index in [9.17, 15) is 14.0 Å². The van der Waals surface area contributed by atoms with Gasteiger partial charge < -0.3 is 15.5 Å². The zero-order valence-electron chi connectivity index (χ0n) is 14.0. The molecule has 1 atom stereocenters. The molecule has 1 aliphatic heterocycles. The number of benzene rings is 1. The van der Waals surface area contributed by atoms with E-state index in [1.807, 2.05) is 0 Å². The summed E-state index contributed by atoms with van der Waals surface area (Å²) in [6.45, 7) is 0.402. The number of hydrogen-bond donors (Lipinski definition) is 1. The standard InChI is InChI=1S/C18H24FN3O2/c1-21(17(24)18(20)10-5-2-6-11-18)15-9-12-22(16(15)23)14-8-4-3-7-13(14)19/h3-4,7-8,15H,2,5-6,9-12,20H2,1H3. The van der Waals surface area contributed by atoms with Crippen molar-refractivity contribution in [3.8, 4) is 0 Å². The molecule has 1 saturated heterocycles. The van der Waals surface area contributed by atoms with Gasteiger partial charge in [-0.25, -0.2) is 4.39 Å². The Kier molecular flexibility index (Phi) is 4.58. The van der Waals surface area contributed by atoms with Gasteiger partial charge in [0, 0.05) is 13.6 Å². The summed E-state index contributed by atoms with van der Waals surface area (Å²) >= 11 is 0. The quantitative estimate of drug-likeness (QED) is 0.920. The molecule has 1 heterocycles. The lowest BCUT2D eigenvalue weighted by molar-refractivity contribution is -0.142. The first kappa shape index (κ1) is 16.9. The van der Waals surface area contributed by atoms with Crippen LogP contribution in [0.3, 0.4) is 0 Å². The fourth-order valence-electron chi connectivity index (χ4n) is 3.82. The first-order valence-corrected chi connectivity index (χ1v) is 8.56. The lowest BCUT2D eigenvalue weighted by Crippen LogP contribution is -2.58. The van der Waals surface area contributed by atoms with E-state index in [-0.39, 0.29) is 17.5 Å². The van der Waals surface area contributed by atoms with Crippen LogP contribution in [0.2, 0.25) is 0 Å². The molecular formula is C18H24FN3O2. The molecule has 0 radical (unpaired) electrons. The van der Waals surface area contributed by atoms with Crippen LogP contribution in [0.15, 0.2) is 24.3 Å². The molecule has 5 nitrogen and oxygen atoms in total. The molecule has 0 spiro atoms. The smallest absolute Gasteiger partial charge is 0.249 e. The molecule has 1 saturated carbocycles. The van der Waals surface area contributed by atoms with Gasteiger partial charge in [0.1, 0.15) is 11.9 Å². The highest BCUT2D eigenvalue weighted by molar-refractivity contribution is 6.02. The first-order chi connectivity index (χ1) is 11.4. The highest BCUT2D eigenvalue weighted by Crippen LogP contribution is 2.31. The predicted molar refractivity (Wildman–Crippen MR) is 89.9 cm³/mol. The highest BCUT2D eigenvalue weighted by atomic mass is 19.1. The number of hydrogen-bond acceptors (Lipinski definition) is 3. The third-order valence-corrected chi connectivity index (χ3v) is 5.28.